The van der Waals surface area contributed by atoms with Gasteiger partial charge in [-0.2, -0.15) is 0 Å². The largest absolute Gasteiger partial charge is 0.496 e. The van der Waals surface area contributed by atoms with Gasteiger partial charge in [-0.25, -0.2) is 9.18 Å². The van der Waals surface area contributed by atoms with Gasteiger partial charge < -0.3 is 14.8 Å². The van der Waals surface area contributed by atoms with Crippen molar-refractivity contribution in [3.8, 4) is 5.75 Å². The van der Waals surface area contributed by atoms with Gasteiger partial charge in [0.25, 0.3) is 5.91 Å². The molecule has 0 spiro atoms. The highest BCUT2D eigenvalue weighted by atomic mass is 35.5. The van der Waals surface area contributed by atoms with Crippen molar-refractivity contribution in [2.45, 2.75) is 6.92 Å². The zero-order valence-corrected chi connectivity index (χ0v) is 13.8. The van der Waals surface area contributed by atoms with Crippen LogP contribution in [0, 0.1) is 12.7 Å². The molecule has 0 aromatic heterocycles. The van der Waals surface area contributed by atoms with Crippen LogP contribution >= 0.6 is 11.6 Å². The average Bonchev–Trinajstić information content (AvgIpc) is 2.55. The van der Waals surface area contributed by atoms with E-state index in [1.807, 2.05) is 0 Å². The number of methoxy groups -OCH3 is 1. The summed E-state index contributed by atoms with van der Waals surface area (Å²) in [6, 6.07) is 8.83. The minimum Gasteiger partial charge on any atom is -0.496 e. The maximum absolute atomic E-state index is 13.7. The fraction of sp³-hybridized carbons (Fsp3) is 0.176. The molecule has 2 rings (SSSR count). The number of anilines is 1. The van der Waals surface area contributed by atoms with E-state index in [9.17, 15) is 14.0 Å². The van der Waals surface area contributed by atoms with E-state index in [4.69, 9.17) is 21.1 Å². The summed E-state index contributed by atoms with van der Waals surface area (Å²) in [4.78, 5) is 23.8. The molecule has 7 heteroatoms. The number of aryl methyl sites for hydroxylation is 1. The molecule has 0 fully saturated rings. The summed E-state index contributed by atoms with van der Waals surface area (Å²) in [5.74, 6) is -1.72. The number of amides is 1. The number of nitrogens with one attached hydrogen (secondary N) is 1. The van der Waals surface area contributed by atoms with Gasteiger partial charge in [0.2, 0.25) is 0 Å². The SMILES string of the molecule is COc1ccc(Cl)cc1C(=O)OCC(=O)Nc1ccc(C)cc1F. The monoisotopic (exact) mass is 351 g/mol. The van der Waals surface area contributed by atoms with Crippen molar-refractivity contribution < 1.29 is 23.5 Å². The fourth-order valence-corrected chi connectivity index (χ4v) is 2.13. The molecule has 2 aromatic carbocycles. The van der Waals surface area contributed by atoms with E-state index in [0.717, 1.165) is 5.56 Å². The molecule has 1 amide bonds. The second-order valence-corrected chi connectivity index (χ2v) is 5.39. The molecular weight excluding hydrogens is 337 g/mol. The van der Waals surface area contributed by atoms with Crippen molar-refractivity contribution in [1.82, 2.24) is 0 Å². The predicted molar refractivity (Wildman–Crippen MR) is 88.1 cm³/mol. The predicted octanol–water partition coefficient (Wildman–Crippen LogP) is 3.59. The Morgan fingerprint density at radius 3 is 2.62 bits per heavy atom. The molecular formula is C17H15ClFNO4. The van der Waals surface area contributed by atoms with Crippen LogP contribution in [-0.4, -0.2) is 25.6 Å². The fourth-order valence-electron chi connectivity index (χ4n) is 1.96. The topological polar surface area (TPSA) is 64.6 Å². The molecule has 0 heterocycles. The standard InChI is InChI=1S/C17H15ClFNO4/c1-10-3-5-14(13(19)7-10)20-16(21)9-24-17(22)12-8-11(18)4-6-15(12)23-2/h3-8H,9H2,1-2H3,(H,20,21). The van der Waals surface area contributed by atoms with Gasteiger partial charge >= 0.3 is 5.97 Å². The number of benzene rings is 2. The third-order valence-corrected chi connectivity index (χ3v) is 3.35. The number of hydrogen-bond acceptors (Lipinski definition) is 4. The Kier molecular flexibility index (Phi) is 5.76. The van der Waals surface area contributed by atoms with Crippen molar-refractivity contribution in [1.29, 1.82) is 0 Å². The molecule has 24 heavy (non-hydrogen) atoms. The van der Waals surface area contributed by atoms with E-state index in [0.29, 0.717) is 5.02 Å². The Morgan fingerprint density at radius 1 is 1.21 bits per heavy atom. The summed E-state index contributed by atoms with van der Waals surface area (Å²) in [6.45, 7) is 1.16. The maximum Gasteiger partial charge on any atom is 0.342 e. The van der Waals surface area contributed by atoms with E-state index in [1.165, 1.54) is 31.4 Å². The second-order valence-electron chi connectivity index (χ2n) is 4.95. The van der Waals surface area contributed by atoms with Crippen LogP contribution in [-0.2, 0) is 9.53 Å². The molecule has 5 nitrogen and oxygen atoms in total. The molecule has 0 aliphatic rings. The number of carbonyl (C=O) groups excluding carboxylic acids is 2. The zero-order valence-electron chi connectivity index (χ0n) is 13.1. The van der Waals surface area contributed by atoms with Crippen molar-refractivity contribution in [3.05, 3.63) is 58.4 Å². The summed E-state index contributed by atoms with van der Waals surface area (Å²) >= 11 is 5.83. The summed E-state index contributed by atoms with van der Waals surface area (Å²) in [5.41, 5.74) is 0.839. The normalized spacial score (nSPS) is 10.2. The Morgan fingerprint density at radius 2 is 1.96 bits per heavy atom. The van der Waals surface area contributed by atoms with Crippen LogP contribution in [0.5, 0.6) is 5.75 Å². The lowest BCUT2D eigenvalue weighted by atomic mass is 10.2. The van der Waals surface area contributed by atoms with E-state index < -0.39 is 24.3 Å². The number of carbonyl (C=O) groups is 2. The molecule has 0 aliphatic carbocycles. The first-order valence-electron chi connectivity index (χ1n) is 6.97. The quantitative estimate of drug-likeness (QED) is 0.836. The second kappa shape index (κ2) is 7.79. The lowest BCUT2D eigenvalue weighted by Gasteiger charge is -2.10. The Bertz CT molecular complexity index is 779. The zero-order chi connectivity index (χ0) is 17.7. The number of halogens is 2. The molecule has 126 valence electrons. The molecule has 0 bridgehead atoms. The van der Waals surface area contributed by atoms with Crippen LogP contribution in [0.4, 0.5) is 10.1 Å². The highest BCUT2D eigenvalue weighted by molar-refractivity contribution is 6.31. The van der Waals surface area contributed by atoms with E-state index in [2.05, 4.69) is 5.32 Å². The third kappa shape index (κ3) is 4.45. The smallest absolute Gasteiger partial charge is 0.342 e. The van der Waals surface area contributed by atoms with Crippen LogP contribution in [0.1, 0.15) is 15.9 Å². The van der Waals surface area contributed by atoms with Crippen molar-refractivity contribution >= 4 is 29.2 Å². The summed E-state index contributed by atoms with van der Waals surface area (Å²) < 4.78 is 23.6. The third-order valence-electron chi connectivity index (χ3n) is 3.11. The van der Waals surface area contributed by atoms with Gasteiger partial charge in [0.1, 0.15) is 17.1 Å². The van der Waals surface area contributed by atoms with Gasteiger partial charge in [-0.05, 0) is 42.8 Å². The minimum atomic E-state index is -0.770. The molecule has 1 N–H and O–H groups in total. The van der Waals surface area contributed by atoms with Gasteiger partial charge in [0, 0.05) is 5.02 Å². The van der Waals surface area contributed by atoms with E-state index >= 15 is 0 Å². The van der Waals surface area contributed by atoms with Gasteiger partial charge in [-0.1, -0.05) is 17.7 Å². The summed E-state index contributed by atoms with van der Waals surface area (Å²) in [6.07, 6.45) is 0. The first-order valence-corrected chi connectivity index (χ1v) is 7.35. The van der Waals surface area contributed by atoms with Gasteiger partial charge in [-0.3, -0.25) is 4.79 Å². The first-order chi connectivity index (χ1) is 11.4. The van der Waals surface area contributed by atoms with Crippen LogP contribution in [0.3, 0.4) is 0 Å². The average molecular weight is 352 g/mol. The highest BCUT2D eigenvalue weighted by Crippen LogP contribution is 2.23. The molecule has 0 aliphatic heterocycles. The number of esters is 1. The Balaban J connectivity index is 1.99. The van der Waals surface area contributed by atoms with Gasteiger partial charge in [0.05, 0.1) is 12.8 Å². The van der Waals surface area contributed by atoms with Crippen LogP contribution < -0.4 is 10.1 Å². The molecule has 2 aromatic rings. The Labute approximate surface area is 143 Å². The van der Waals surface area contributed by atoms with Gasteiger partial charge in [0.15, 0.2) is 6.61 Å². The van der Waals surface area contributed by atoms with E-state index in [-0.39, 0.29) is 17.0 Å². The van der Waals surface area contributed by atoms with E-state index in [1.54, 1.807) is 19.1 Å². The van der Waals surface area contributed by atoms with Crippen LogP contribution in [0.25, 0.3) is 0 Å². The Hall–Kier alpha value is -2.60. The maximum atomic E-state index is 13.7. The van der Waals surface area contributed by atoms with Crippen molar-refractivity contribution in [2.75, 3.05) is 19.0 Å². The molecule has 0 saturated carbocycles. The molecule has 0 saturated heterocycles. The minimum absolute atomic E-state index is 0.0157. The number of hydrogen-bond donors (Lipinski definition) is 1. The summed E-state index contributed by atoms with van der Waals surface area (Å²) in [5, 5.41) is 2.66. The first kappa shape index (κ1) is 17.7. The van der Waals surface area contributed by atoms with Crippen LogP contribution in [0.15, 0.2) is 36.4 Å². The van der Waals surface area contributed by atoms with Crippen molar-refractivity contribution in [3.63, 3.8) is 0 Å². The van der Waals surface area contributed by atoms with Crippen molar-refractivity contribution in [2.24, 2.45) is 0 Å². The number of rotatable bonds is 5. The summed E-state index contributed by atoms with van der Waals surface area (Å²) in [7, 11) is 1.40. The molecule has 0 unspecified atom stereocenters. The van der Waals surface area contributed by atoms with Gasteiger partial charge in [-0.15, -0.1) is 0 Å². The van der Waals surface area contributed by atoms with Crippen LogP contribution in [0.2, 0.25) is 5.02 Å². The number of ether oxygens (including phenoxy) is 2. The lowest BCUT2D eigenvalue weighted by molar-refractivity contribution is -0.119. The molecule has 0 radical (unpaired) electrons. The highest BCUT2D eigenvalue weighted by Gasteiger charge is 2.16. The lowest BCUT2D eigenvalue weighted by Crippen LogP contribution is -2.21. The molecule has 0 atom stereocenters.